The molecule has 0 unspecified atom stereocenters. The van der Waals surface area contributed by atoms with Gasteiger partial charge in [-0.05, 0) is 165 Å². The first-order valence-electron chi connectivity index (χ1n) is 31.7. The van der Waals surface area contributed by atoms with E-state index in [4.69, 9.17) is 18.9 Å². The topological polar surface area (TPSA) is 241 Å². The third-order valence-electron chi connectivity index (χ3n) is 17.9. The lowest BCUT2D eigenvalue weighted by Crippen LogP contribution is -2.64. The van der Waals surface area contributed by atoms with Gasteiger partial charge in [0.15, 0.2) is 0 Å². The van der Waals surface area contributed by atoms with Gasteiger partial charge in [0.2, 0.25) is 29.5 Å². The fraction of sp³-hybridized carbons (Fsp3) is 0.529. The van der Waals surface area contributed by atoms with Crippen molar-refractivity contribution in [1.82, 2.24) is 35.1 Å². The van der Waals surface area contributed by atoms with Crippen molar-refractivity contribution in [1.29, 1.82) is 0 Å². The Hall–Kier alpha value is -7.26. The zero-order chi connectivity index (χ0) is 67.4. The summed E-state index contributed by atoms with van der Waals surface area (Å²) in [6.07, 6.45) is -0.144. The first-order chi connectivity index (χ1) is 43.9. The third-order valence-corrected chi connectivity index (χ3v) is 17.9. The minimum Gasteiger partial charge on any atom is -0.444 e. The Morgan fingerprint density at radius 3 is 2.06 bits per heavy atom. The molecule has 3 fully saturated rings. The van der Waals surface area contributed by atoms with Gasteiger partial charge in [-0.1, -0.05) is 36.4 Å². The second kappa shape index (κ2) is 32.4. The van der Waals surface area contributed by atoms with Crippen LogP contribution in [-0.4, -0.2) is 193 Å². The van der Waals surface area contributed by atoms with Crippen LogP contribution in [0.4, 0.5) is 39.8 Å². The Bertz CT molecular complexity index is 3470. The zero-order valence-corrected chi connectivity index (χ0v) is 58.5. The maximum Gasteiger partial charge on any atom is 0.410 e. The molecule has 526 valence electrons. The van der Waals surface area contributed by atoms with Crippen LogP contribution in [0.25, 0.3) is 0 Å². The highest BCUT2D eigenvalue weighted by molar-refractivity contribution is 6.05. The van der Waals surface area contributed by atoms with Crippen molar-refractivity contribution in [3.05, 3.63) is 124 Å². The predicted octanol–water partition coefficient (Wildman–Crippen LogP) is 8.54. The Morgan fingerprint density at radius 1 is 0.760 bits per heavy atom. The number of nitrogens with zero attached hydrogens (tertiary/aromatic N) is 6. The SMILES string of the molecule is C[C@@H]1COCCN1C[C@H]1CN(C(=O)OC(C)(C)C)[C@H](C)CN1CC(=O)N1C[C@@](C)(C(=O)NCC(=O)Nc2ccc3c(c2)CN(C(=O)[C@@H](NC(=O)[C@H](C)N(C)C(=O)OC(C)(C)C)C2CCOCC2)[C@@H]3C(=O)Nc2c(F)cccc2F)c2ccc(Cc3ccc(F)cc3)cc21.Cl.Cl.Cl. The van der Waals surface area contributed by atoms with Gasteiger partial charge in [0.25, 0.3) is 5.91 Å². The molecule has 7 atom stereocenters. The van der Waals surface area contributed by atoms with Crippen LogP contribution in [0.15, 0.2) is 78.9 Å². The summed E-state index contributed by atoms with van der Waals surface area (Å²) in [4.78, 5) is 124. The summed E-state index contributed by atoms with van der Waals surface area (Å²) in [5.41, 5.74) is -0.235. The molecule has 0 spiro atoms. The lowest BCUT2D eigenvalue weighted by atomic mass is 9.83. The number of fused-ring (bicyclic) bond motifs is 2. The zero-order valence-electron chi connectivity index (χ0n) is 56.1. The Kier molecular flexibility index (Phi) is 26.2. The van der Waals surface area contributed by atoms with Crippen molar-refractivity contribution < 1.29 is 70.5 Å². The molecule has 96 heavy (non-hydrogen) atoms. The number of likely N-dealkylation sites (N-methyl/N-ethyl adjacent to an activating group) is 1. The van der Waals surface area contributed by atoms with Gasteiger partial charge < -0.3 is 54.9 Å². The van der Waals surface area contributed by atoms with E-state index < -0.39 is 106 Å². The second-order valence-corrected chi connectivity index (χ2v) is 27.3. The number of anilines is 3. The minimum absolute atomic E-state index is 0. The van der Waals surface area contributed by atoms with Crippen LogP contribution in [0.5, 0.6) is 0 Å². The normalized spacial score (nSPS) is 21.1. The van der Waals surface area contributed by atoms with Crippen LogP contribution in [0.3, 0.4) is 0 Å². The number of ether oxygens (including phenoxy) is 4. The van der Waals surface area contributed by atoms with Gasteiger partial charge in [0.1, 0.15) is 52.5 Å². The predicted molar refractivity (Wildman–Crippen MR) is 362 cm³/mol. The molecule has 22 nitrogen and oxygen atoms in total. The number of hydrogen-bond acceptors (Lipinski definition) is 14. The van der Waals surface area contributed by atoms with Crippen molar-refractivity contribution in [2.24, 2.45) is 5.92 Å². The number of morpholine rings is 1. The van der Waals surface area contributed by atoms with Crippen molar-refractivity contribution >= 4 is 102 Å². The second-order valence-electron chi connectivity index (χ2n) is 27.3. The van der Waals surface area contributed by atoms with Crippen LogP contribution in [0, 0.1) is 23.4 Å². The molecule has 8 amide bonds. The number of piperazine rings is 1. The molecule has 4 aromatic carbocycles. The first-order valence-corrected chi connectivity index (χ1v) is 31.7. The quantitative estimate of drug-likeness (QED) is 0.0775. The van der Waals surface area contributed by atoms with Gasteiger partial charge in [-0.3, -0.25) is 43.5 Å². The molecule has 28 heteroatoms. The lowest BCUT2D eigenvalue weighted by Gasteiger charge is -2.47. The fourth-order valence-corrected chi connectivity index (χ4v) is 12.7. The summed E-state index contributed by atoms with van der Waals surface area (Å²) in [5, 5.41) is 10.8. The highest BCUT2D eigenvalue weighted by Crippen LogP contribution is 2.43. The Morgan fingerprint density at radius 2 is 1.42 bits per heavy atom. The average Bonchev–Trinajstić information content (AvgIpc) is 1.59. The molecule has 4 N–H and O–H groups in total. The van der Waals surface area contributed by atoms with Crippen LogP contribution in [-0.2, 0) is 66.1 Å². The number of benzene rings is 4. The van der Waals surface area contributed by atoms with Crippen molar-refractivity contribution in [2.75, 3.05) is 94.8 Å². The van der Waals surface area contributed by atoms with Gasteiger partial charge in [-0.15, -0.1) is 37.2 Å². The molecular formula is C68H90Cl3F3N10O12. The van der Waals surface area contributed by atoms with E-state index in [0.29, 0.717) is 75.5 Å². The van der Waals surface area contributed by atoms with Gasteiger partial charge >= 0.3 is 12.2 Å². The molecule has 0 radical (unpaired) electrons. The van der Waals surface area contributed by atoms with Crippen LogP contribution in [0.1, 0.15) is 116 Å². The third kappa shape index (κ3) is 18.5. The standard InChI is InChI=1S/C68H87F3N10O12.3ClH/c1-40-33-78(49(35-77-25-28-91-38-41(77)2)36-79(40)65(89)93-67(7,8)9)37-56(83)81-39-68(10,51-22-17-44(30-54(51)81)29-43-15-18-47(69)19-16-43)63(87)72-32-55(82)73-48-20-21-50-46(31-48)34-80(59(50)61(85)75-58-52(70)13-12-14-53(58)71)62(86)57(45-23-26-90-27-24-45)74-60(84)42(3)76(11)64(88)92-66(4,5)6;;;/h12-22,30-31,40-42,45,49,57,59H,23-29,32-39H2,1-11H3,(H,72,87)(H,73,82)(H,74,84)(H,75,85);3*1H/t40-,41-,42+,49+,57+,59+,68-;;;/m1.../s1. The van der Waals surface area contributed by atoms with E-state index in [0.717, 1.165) is 34.2 Å². The molecule has 5 aliphatic rings. The van der Waals surface area contributed by atoms with Gasteiger partial charge in [0, 0.05) is 89.0 Å². The summed E-state index contributed by atoms with van der Waals surface area (Å²) < 4.78 is 67.0. The van der Waals surface area contributed by atoms with Crippen LogP contribution < -0.4 is 26.2 Å². The molecule has 0 bridgehead atoms. The molecule has 0 aliphatic carbocycles. The number of amides is 8. The monoisotopic (exact) mass is 1400 g/mol. The highest BCUT2D eigenvalue weighted by atomic mass is 35.5. The molecule has 9 rings (SSSR count). The molecule has 4 aromatic rings. The molecule has 0 saturated carbocycles. The van der Waals surface area contributed by atoms with Crippen LogP contribution in [0.2, 0.25) is 0 Å². The van der Waals surface area contributed by atoms with E-state index in [9.17, 15) is 33.2 Å². The van der Waals surface area contributed by atoms with E-state index in [2.05, 4.69) is 38.0 Å². The van der Waals surface area contributed by atoms with Gasteiger partial charge in [-0.25, -0.2) is 22.8 Å². The smallest absolute Gasteiger partial charge is 0.410 e. The molecule has 5 heterocycles. The van der Waals surface area contributed by atoms with E-state index >= 15 is 18.4 Å². The van der Waals surface area contributed by atoms with E-state index in [1.165, 1.54) is 49.2 Å². The molecule has 5 aliphatic heterocycles. The number of hydrogen-bond donors (Lipinski definition) is 4. The maximum atomic E-state index is 15.2. The molecular weight excluding hydrogens is 1310 g/mol. The van der Waals surface area contributed by atoms with Crippen LogP contribution >= 0.6 is 37.2 Å². The Balaban J connectivity index is 0.00000486. The number of para-hydroxylation sites is 1. The van der Waals surface area contributed by atoms with Gasteiger partial charge in [-0.2, -0.15) is 0 Å². The molecule has 3 saturated heterocycles. The first kappa shape index (κ1) is 77.7. The van der Waals surface area contributed by atoms with Crippen molar-refractivity contribution in [3.8, 4) is 0 Å². The number of nitrogens with one attached hydrogen (secondary N) is 4. The largest absolute Gasteiger partial charge is 0.444 e. The van der Waals surface area contributed by atoms with E-state index in [-0.39, 0.29) is 111 Å². The summed E-state index contributed by atoms with van der Waals surface area (Å²) >= 11 is 0. The number of carbonyl (C=O) groups is 8. The Labute approximate surface area is 577 Å². The summed E-state index contributed by atoms with van der Waals surface area (Å²) in [6.45, 7) is 20.2. The number of carbonyl (C=O) groups excluding carboxylic acids is 8. The van der Waals surface area contributed by atoms with E-state index in [1.807, 2.05) is 39.8 Å². The summed E-state index contributed by atoms with van der Waals surface area (Å²) in [5.74, 6) is -6.89. The lowest BCUT2D eigenvalue weighted by molar-refractivity contribution is -0.144. The van der Waals surface area contributed by atoms with Crippen molar-refractivity contribution in [3.63, 3.8) is 0 Å². The maximum absolute atomic E-state index is 15.2. The highest BCUT2D eigenvalue weighted by Gasteiger charge is 2.49. The summed E-state index contributed by atoms with van der Waals surface area (Å²) in [7, 11) is 1.39. The fourth-order valence-electron chi connectivity index (χ4n) is 12.7. The summed E-state index contributed by atoms with van der Waals surface area (Å²) in [6, 6.07) is 14.8. The van der Waals surface area contributed by atoms with E-state index in [1.54, 1.807) is 55.7 Å². The van der Waals surface area contributed by atoms with Gasteiger partial charge in [0.05, 0.1) is 31.7 Å². The van der Waals surface area contributed by atoms with Crippen molar-refractivity contribution in [2.45, 2.75) is 148 Å². The number of halogens is 6. The minimum atomic E-state index is -1.50. The average molecular weight is 1400 g/mol. The number of rotatable bonds is 17. The molecule has 0 aromatic heterocycles.